The zero-order valence-corrected chi connectivity index (χ0v) is 13.0. The molecule has 1 aromatic heterocycles. The Morgan fingerprint density at radius 1 is 1.30 bits per heavy atom. The van der Waals surface area contributed by atoms with Gasteiger partial charge in [0.1, 0.15) is 0 Å². The zero-order chi connectivity index (χ0) is 13.9. The molecule has 112 valence electrons. The van der Waals surface area contributed by atoms with Crippen molar-refractivity contribution >= 4 is 0 Å². The van der Waals surface area contributed by atoms with E-state index in [-0.39, 0.29) is 0 Å². The van der Waals surface area contributed by atoms with Crippen LogP contribution >= 0.6 is 0 Å². The van der Waals surface area contributed by atoms with Gasteiger partial charge in [-0.05, 0) is 55.5 Å². The summed E-state index contributed by atoms with van der Waals surface area (Å²) in [6, 6.07) is 0.831. The fourth-order valence-electron chi connectivity index (χ4n) is 3.88. The minimum Gasteiger partial charge on any atom is -0.314 e. The third-order valence-corrected chi connectivity index (χ3v) is 5.20. The van der Waals surface area contributed by atoms with Crippen LogP contribution in [0.5, 0.6) is 0 Å². The molecule has 1 N–H and O–H groups in total. The predicted octanol–water partition coefficient (Wildman–Crippen LogP) is 3.47. The summed E-state index contributed by atoms with van der Waals surface area (Å²) in [6.45, 7) is 3.53. The smallest absolute Gasteiger partial charge is 0.0524 e. The lowest BCUT2D eigenvalue weighted by molar-refractivity contribution is 0.220. The van der Waals surface area contributed by atoms with Gasteiger partial charge in [-0.3, -0.25) is 4.68 Å². The highest BCUT2D eigenvalue weighted by molar-refractivity contribution is 5.14. The molecule has 3 atom stereocenters. The van der Waals surface area contributed by atoms with Crippen molar-refractivity contribution in [3.8, 4) is 0 Å². The number of hydrogen-bond acceptors (Lipinski definition) is 2. The molecule has 1 aromatic rings. The van der Waals surface area contributed by atoms with E-state index in [0.29, 0.717) is 0 Å². The number of aromatic nitrogens is 2. The minimum absolute atomic E-state index is 0.722. The van der Waals surface area contributed by atoms with Crippen LogP contribution in [0.3, 0.4) is 0 Å². The SMILES string of the molecule is CCCC1CCC(CNC2CC2)C(c2cnn(C)c2)C1. The highest BCUT2D eigenvalue weighted by Crippen LogP contribution is 2.42. The normalized spacial score (nSPS) is 30.6. The average Bonchev–Trinajstić information content (AvgIpc) is 3.18. The topological polar surface area (TPSA) is 29.9 Å². The number of nitrogens with zero attached hydrogens (tertiary/aromatic N) is 2. The first-order chi connectivity index (χ1) is 9.76. The summed E-state index contributed by atoms with van der Waals surface area (Å²) in [5.74, 6) is 2.47. The van der Waals surface area contributed by atoms with E-state index < -0.39 is 0 Å². The van der Waals surface area contributed by atoms with E-state index in [0.717, 1.165) is 23.8 Å². The second-order valence-corrected chi connectivity index (χ2v) is 6.96. The number of hydrogen-bond donors (Lipinski definition) is 1. The molecule has 2 fully saturated rings. The lowest BCUT2D eigenvalue weighted by Crippen LogP contribution is -2.33. The van der Waals surface area contributed by atoms with Gasteiger partial charge < -0.3 is 5.32 Å². The van der Waals surface area contributed by atoms with E-state index in [1.807, 2.05) is 11.7 Å². The largest absolute Gasteiger partial charge is 0.314 e. The van der Waals surface area contributed by atoms with Gasteiger partial charge in [0.05, 0.1) is 6.20 Å². The van der Waals surface area contributed by atoms with Crippen molar-refractivity contribution in [2.75, 3.05) is 6.54 Å². The molecule has 0 aromatic carbocycles. The average molecular weight is 275 g/mol. The molecule has 3 heteroatoms. The fraction of sp³-hybridized carbons (Fsp3) is 0.824. The number of nitrogens with one attached hydrogen (secondary N) is 1. The monoisotopic (exact) mass is 275 g/mol. The van der Waals surface area contributed by atoms with Crippen LogP contribution in [0, 0.1) is 11.8 Å². The van der Waals surface area contributed by atoms with E-state index in [1.165, 1.54) is 57.1 Å². The standard InChI is InChI=1S/C17H29N3/c1-3-4-13-5-6-14(10-18-16-7-8-16)17(9-13)15-11-19-20(2)12-15/h11-14,16-18H,3-10H2,1-2H3. The van der Waals surface area contributed by atoms with Crippen LogP contribution in [-0.2, 0) is 7.05 Å². The van der Waals surface area contributed by atoms with Crippen molar-refractivity contribution < 1.29 is 0 Å². The van der Waals surface area contributed by atoms with Crippen molar-refractivity contribution in [3.05, 3.63) is 18.0 Å². The maximum atomic E-state index is 4.40. The van der Waals surface area contributed by atoms with Crippen LogP contribution in [0.15, 0.2) is 12.4 Å². The molecule has 3 unspecified atom stereocenters. The molecule has 0 saturated heterocycles. The molecule has 20 heavy (non-hydrogen) atoms. The summed E-state index contributed by atoms with van der Waals surface area (Å²) in [4.78, 5) is 0. The highest BCUT2D eigenvalue weighted by atomic mass is 15.2. The van der Waals surface area contributed by atoms with Crippen LogP contribution in [0.1, 0.15) is 63.4 Å². The molecule has 2 aliphatic carbocycles. The van der Waals surface area contributed by atoms with Gasteiger partial charge in [-0.15, -0.1) is 0 Å². The fourth-order valence-corrected chi connectivity index (χ4v) is 3.88. The van der Waals surface area contributed by atoms with Crippen molar-refractivity contribution in [3.63, 3.8) is 0 Å². The van der Waals surface area contributed by atoms with E-state index in [2.05, 4.69) is 29.7 Å². The van der Waals surface area contributed by atoms with Crippen LogP contribution in [-0.4, -0.2) is 22.4 Å². The highest BCUT2D eigenvalue weighted by Gasteiger charge is 2.33. The van der Waals surface area contributed by atoms with Crippen LogP contribution in [0.25, 0.3) is 0 Å². The molecular weight excluding hydrogens is 246 g/mol. The lowest BCUT2D eigenvalue weighted by atomic mass is 9.70. The summed E-state index contributed by atoms with van der Waals surface area (Å²) in [5.41, 5.74) is 1.47. The quantitative estimate of drug-likeness (QED) is 0.861. The second-order valence-electron chi connectivity index (χ2n) is 6.96. The summed E-state index contributed by atoms with van der Waals surface area (Å²) in [7, 11) is 2.04. The van der Waals surface area contributed by atoms with Gasteiger partial charge in [-0.25, -0.2) is 0 Å². The maximum Gasteiger partial charge on any atom is 0.0524 e. The molecule has 2 aliphatic rings. The van der Waals surface area contributed by atoms with E-state index in [9.17, 15) is 0 Å². The third kappa shape index (κ3) is 3.43. The second kappa shape index (κ2) is 6.30. The van der Waals surface area contributed by atoms with E-state index in [4.69, 9.17) is 0 Å². The summed E-state index contributed by atoms with van der Waals surface area (Å²) in [6.07, 6.45) is 14.1. The lowest BCUT2D eigenvalue weighted by Gasteiger charge is -2.36. The Labute approximate surface area is 123 Å². The predicted molar refractivity (Wildman–Crippen MR) is 82.7 cm³/mol. The van der Waals surface area contributed by atoms with E-state index >= 15 is 0 Å². The Hall–Kier alpha value is -0.830. The molecule has 0 radical (unpaired) electrons. The molecule has 3 nitrogen and oxygen atoms in total. The summed E-state index contributed by atoms with van der Waals surface area (Å²) in [5, 5.41) is 8.15. The van der Waals surface area contributed by atoms with E-state index in [1.54, 1.807) is 0 Å². The zero-order valence-electron chi connectivity index (χ0n) is 13.0. The van der Waals surface area contributed by atoms with Gasteiger partial charge in [0.25, 0.3) is 0 Å². The van der Waals surface area contributed by atoms with Gasteiger partial charge >= 0.3 is 0 Å². The van der Waals surface area contributed by atoms with Crippen molar-refractivity contribution in [1.29, 1.82) is 0 Å². The number of aryl methyl sites for hydroxylation is 1. The molecule has 1 heterocycles. The molecule has 3 rings (SSSR count). The van der Waals surface area contributed by atoms with Gasteiger partial charge in [0, 0.05) is 19.3 Å². The molecule has 0 aliphatic heterocycles. The first-order valence-corrected chi connectivity index (χ1v) is 8.48. The first kappa shape index (κ1) is 14.1. The molecule has 2 saturated carbocycles. The summed E-state index contributed by atoms with van der Waals surface area (Å²) >= 11 is 0. The van der Waals surface area contributed by atoms with Crippen LogP contribution in [0.2, 0.25) is 0 Å². The van der Waals surface area contributed by atoms with Gasteiger partial charge in [-0.1, -0.05) is 26.2 Å². The Balaban J connectivity index is 1.66. The third-order valence-electron chi connectivity index (χ3n) is 5.20. The van der Waals surface area contributed by atoms with Crippen molar-refractivity contribution in [1.82, 2.24) is 15.1 Å². The van der Waals surface area contributed by atoms with Crippen LogP contribution in [0.4, 0.5) is 0 Å². The summed E-state index contributed by atoms with van der Waals surface area (Å²) < 4.78 is 1.96. The van der Waals surface area contributed by atoms with Crippen LogP contribution < -0.4 is 5.32 Å². The molecular formula is C17H29N3. The number of rotatable bonds is 6. The Morgan fingerprint density at radius 3 is 2.80 bits per heavy atom. The van der Waals surface area contributed by atoms with Crippen molar-refractivity contribution in [2.45, 2.75) is 63.8 Å². The molecule has 0 amide bonds. The minimum atomic E-state index is 0.722. The maximum absolute atomic E-state index is 4.40. The van der Waals surface area contributed by atoms with Gasteiger partial charge in [0.2, 0.25) is 0 Å². The molecule has 0 bridgehead atoms. The van der Waals surface area contributed by atoms with Gasteiger partial charge in [0.15, 0.2) is 0 Å². The van der Waals surface area contributed by atoms with Crippen molar-refractivity contribution in [2.24, 2.45) is 18.9 Å². The first-order valence-electron chi connectivity index (χ1n) is 8.48. The molecule has 0 spiro atoms. The Morgan fingerprint density at radius 2 is 2.15 bits per heavy atom. The Kier molecular flexibility index (Phi) is 4.45. The Bertz CT molecular complexity index is 422. The van der Waals surface area contributed by atoms with Gasteiger partial charge in [-0.2, -0.15) is 5.10 Å².